The maximum atomic E-state index is 12.9. The largest absolute Gasteiger partial charge is 0.325 e. The summed E-state index contributed by atoms with van der Waals surface area (Å²) in [7, 11) is 1.98. The maximum absolute atomic E-state index is 12.9. The molecule has 0 aromatic carbocycles. The van der Waals surface area contributed by atoms with Crippen LogP contribution in [0.5, 0.6) is 0 Å². The Morgan fingerprint density at radius 3 is 2.77 bits per heavy atom. The molecule has 0 bridgehead atoms. The summed E-state index contributed by atoms with van der Waals surface area (Å²) in [5.74, 6) is -2.54. The van der Waals surface area contributed by atoms with Crippen molar-refractivity contribution in [1.29, 1.82) is 0 Å². The quantitative estimate of drug-likeness (QED) is 0.730. The van der Waals surface area contributed by atoms with Crippen molar-refractivity contribution in [2.24, 2.45) is 11.7 Å². The zero-order valence-corrected chi connectivity index (χ0v) is 8.10. The number of halogens is 2. The van der Waals surface area contributed by atoms with Crippen molar-refractivity contribution < 1.29 is 8.78 Å². The second-order valence-corrected chi connectivity index (χ2v) is 4.03. The van der Waals surface area contributed by atoms with Gasteiger partial charge in [0, 0.05) is 13.0 Å². The summed E-state index contributed by atoms with van der Waals surface area (Å²) >= 11 is 0. The van der Waals surface area contributed by atoms with Crippen LogP contribution < -0.4 is 5.73 Å². The molecule has 1 atom stereocenters. The number of hydrogen-bond acceptors (Lipinski definition) is 2. The van der Waals surface area contributed by atoms with E-state index in [4.69, 9.17) is 5.73 Å². The Kier molecular flexibility index (Phi) is 3.62. The summed E-state index contributed by atoms with van der Waals surface area (Å²) in [4.78, 5) is 2.11. The monoisotopic (exact) mass is 192 g/mol. The van der Waals surface area contributed by atoms with Crippen LogP contribution >= 0.6 is 0 Å². The van der Waals surface area contributed by atoms with Crippen molar-refractivity contribution in [3.8, 4) is 0 Å². The van der Waals surface area contributed by atoms with Gasteiger partial charge in [-0.1, -0.05) is 0 Å². The third kappa shape index (κ3) is 3.56. The summed E-state index contributed by atoms with van der Waals surface area (Å²) < 4.78 is 25.8. The van der Waals surface area contributed by atoms with Gasteiger partial charge in [0.05, 0.1) is 6.54 Å². The van der Waals surface area contributed by atoms with Gasteiger partial charge in [0.25, 0.3) is 5.92 Å². The Morgan fingerprint density at radius 2 is 2.23 bits per heavy atom. The fourth-order valence-corrected chi connectivity index (χ4v) is 1.95. The number of rotatable bonds is 3. The van der Waals surface area contributed by atoms with Crippen LogP contribution in [0.1, 0.15) is 19.3 Å². The second kappa shape index (κ2) is 4.33. The van der Waals surface area contributed by atoms with Gasteiger partial charge in [-0.2, -0.15) is 0 Å². The molecule has 2 N–H and O–H groups in total. The van der Waals surface area contributed by atoms with Crippen LogP contribution in [0.2, 0.25) is 0 Å². The normalized spacial score (nSPS) is 26.3. The van der Waals surface area contributed by atoms with Crippen molar-refractivity contribution >= 4 is 0 Å². The summed E-state index contributed by atoms with van der Waals surface area (Å²) in [6.45, 7) is 1.30. The number of hydrogen-bond donors (Lipinski definition) is 1. The van der Waals surface area contributed by atoms with E-state index < -0.39 is 12.5 Å². The molecule has 1 fully saturated rings. The van der Waals surface area contributed by atoms with Gasteiger partial charge in [0.2, 0.25) is 0 Å². The van der Waals surface area contributed by atoms with Gasteiger partial charge in [-0.05, 0) is 32.4 Å². The van der Waals surface area contributed by atoms with Gasteiger partial charge in [0.15, 0.2) is 0 Å². The lowest BCUT2D eigenvalue weighted by Gasteiger charge is -2.31. The zero-order valence-electron chi connectivity index (χ0n) is 8.10. The summed E-state index contributed by atoms with van der Waals surface area (Å²) in [6.07, 6.45) is 1.90. The van der Waals surface area contributed by atoms with E-state index in [1.54, 1.807) is 0 Å². The van der Waals surface area contributed by atoms with Crippen LogP contribution in [0, 0.1) is 5.92 Å². The molecule has 1 heterocycles. The number of piperidine rings is 1. The maximum Gasteiger partial charge on any atom is 0.260 e. The average Bonchev–Trinajstić information content (AvgIpc) is 2.03. The third-order valence-corrected chi connectivity index (χ3v) is 2.61. The van der Waals surface area contributed by atoms with Crippen LogP contribution in [0.25, 0.3) is 0 Å². The molecule has 0 amide bonds. The Labute approximate surface area is 78.1 Å². The van der Waals surface area contributed by atoms with Crippen LogP contribution in [-0.4, -0.2) is 37.5 Å². The van der Waals surface area contributed by atoms with E-state index in [-0.39, 0.29) is 12.3 Å². The highest BCUT2D eigenvalue weighted by Crippen LogP contribution is 2.27. The van der Waals surface area contributed by atoms with E-state index >= 15 is 0 Å². The van der Waals surface area contributed by atoms with Gasteiger partial charge in [-0.3, -0.25) is 0 Å². The average molecular weight is 192 g/mol. The minimum Gasteiger partial charge on any atom is -0.325 e. The van der Waals surface area contributed by atoms with Crippen LogP contribution in [0.3, 0.4) is 0 Å². The fraction of sp³-hybridized carbons (Fsp3) is 1.00. The molecular weight excluding hydrogens is 174 g/mol. The summed E-state index contributed by atoms with van der Waals surface area (Å²) in [5, 5.41) is 0. The first-order chi connectivity index (χ1) is 6.03. The smallest absolute Gasteiger partial charge is 0.260 e. The van der Waals surface area contributed by atoms with Crippen LogP contribution in [0.4, 0.5) is 8.78 Å². The molecule has 0 radical (unpaired) electrons. The summed E-state index contributed by atoms with van der Waals surface area (Å²) in [6, 6.07) is 0. The number of likely N-dealkylation sites (tertiary alicyclic amines) is 1. The van der Waals surface area contributed by atoms with E-state index in [2.05, 4.69) is 4.90 Å². The highest BCUT2D eigenvalue weighted by Gasteiger charge is 2.32. The first-order valence-corrected chi connectivity index (χ1v) is 4.80. The van der Waals surface area contributed by atoms with Crippen molar-refractivity contribution in [3.05, 3.63) is 0 Å². The molecule has 1 unspecified atom stereocenters. The van der Waals surface area contributed by atoms with Gasteiger partial charge < -0.3 is 10.6 Å². The Hall–Kier alpha value is -0.220. The van der Waals surface area contributed by atoms with Gasteiger partial charge in [-0.15, -0.1) is 0 Å². The lowest BCUT2D eigenvalue weighted by Crippen LogP contribution is -2.37. The molecule has 1 aliphatic rings. The minimum atomic E-state index is -2.66. The molecule has 1 saturated heterocycles. The Morgan fingerprint density at radius 1 is 1.54 bits per heavy atom. The number of nitrogens with zero attached hydrogens (tertiary/aromatic N) is 1. The first kappa shape index (κ1) is 10.9. The Balaban J connectivity index is 2.35. The number of nitrogens with two attached hydrogens (primary N) is 1. The minimum absolute atomic E-state index is 0.0478. The molecule has 4 heteroatoms. The van der Waals surface area contributed by atoms with Crippen LogP contribution in [-0.2, 0) is 0 Å². The lowest BCUT2D eigenvalue weighted by atomic mass is 9.92. The van der Waals surface area contributed by atoms with Gasteiger partial charge in [-0.25, -0.2) is 8.78 Å². The predicted molar refractivity (Wildman–Crippen MR) is 48.8 cm³/mol. The molecule has 0 aliphatic carbocycles. The van der Waals surface area contributed by atoms with E-state index in [9.17, 15) is 8.78 Å². The fourth-order valence-electron chi connectivity index (χ4n) is 1.95. The van der Waals surface area contributed by atoms with Crippen molar-refractivity contribution in [2.45, 2.75) is 25.2 Å². The summed E-state index contributed by atoms with van der Waals surface area (Å²) in [5.41, 5.74) is 4.99. The molecule has 0 spiro atoms. The van der Waals surface area contributed by atoms with Gasteiger partial charge >= 0.3 is 0 Å². The standard InChI is InChI=1S/C9H18F2N2/c1-13-4-2-3-8(6-13)5-9(10,11)7-12/h8H,2-7,12H2,1H3. The zero-order chi connectivity index (χ0) is 9.90. The molecule has 2 nitrogen and oxygen atoms in total. The molecule has 78 valence electrons. The topological polar surface area (TPSA) is 29.3 Å². The predicted octanol–water partition coefficient (Wildman–Crippen LogP) is 1.31. The highest BCUT2D eigenvalue weighted by molar-refractivity contribution is 4.77. The van der Waals surface area contributed by atoms with E-state index in [0.29, 0.717) is 0 Å². The first-order valence-electron chi connectivity index (χ1n) is 4.80. The second-order valence-electron chi connectivity index (χ2n) is 4.03. The molecule has 1 aliphatic heterocycles. The van der Waals surface area contributed by atoms with Gasteiger partial charge in [0.1, 0.15) is 0 Å². The van der Waals surface area contributed by atoms with E-state index in [1.807, 2.05) is 7.05 Å². The van der Waals surface area contributed by atoms with E-state index in [1.165, 1.54) is 0 Å². The SMILES string of the molecule is CN1CCCC(CC(F)(F)CN)C1. The lowest BCUT2D eigenvalue weighted by molar-refractivity contribution is -0.0227. The number of alkyl halides is 2. The van der Waals surface area contributed by atoms with E-state index in [0.717, 1.165) is 25.9 Å². The Bertz CT molecular complexity index is 162. The molecule has 0 aromatic heterocycles. The molecule has 0 saturated carbocycles. The van der Waals surface area contributed by atoms with Crippen molar-refractivity contribution in [3.63, 3.8) is 0 Å². The molecular formula is C9H18F2N2. The molecule has 1 rings (SSSR count). The molecule has 0 aromatic rings. The highest BCUT2D eigenvalue weighted by atomic mass is 19.3. The van der Waals surface area contributed by atoms with Crippen molar-refractivity contribution in [2.75, 3.05) is 26.7 Å². The molecule has 13 heavy (non-hydrogen) atoms. The third-order valence-electron chi connectivity index (χ3n) is 2.61. The van der Waals surface area contributed by atoms with Crippen molar-refractivity contribution in [1.82, 2.24) is 4.90 Å². The van der Waals surface area contributed by atoms with Crippen LogP contribution in [0.15, 0.2) is 0 Å².